The van der Waals surface area contributed by atoms with Crippen molar-refractivity contribution in [3.8, 4) is 0 Å². The molecule has 0 aliphatic heterocycles. The van der Waals surface area contributed by atoms with Crippen LogP contribution in [0, 0.1) is 0 Å². The molecule has 0 radical (unpaired) electrons. The van der Waals surface area contributed by atoms with Gasteiger partial charge in [-0.05, 0) is 26.3 Å². The minimum Gasteiger partial charge on any atom is -0.390 e. The molecular weight excluding hydrogens is 276 g/mol. The molecule has 22 heavy (non-hydrogen) atoms. The van der Waals surface area contributed by atoms with Crippen molar-refractivity contribution in [1.82, 2.24) is 14.8 Å². The van der Waals surface area contributed by atoms with Crippen LogP contribution in [0.4, 0.5) is 5.82 Å². The van der Waals surface area contributed by atoms with Crippen LogP contribution in [0.5, 0.6) is 0 Å². The largest absolute Gasteiger partial charge is 0.390 e. The normalized spacial score (nSPS) is 12.4. The Bertz CT molecular complexity index is 830. The van der Waals surface area contributed by atoms with Crippen molar-refractivity contribution in [3.63, 3.8) is 0 Å². The van der Waals surface area contributed by atoms with Crippen molar-refractivity contribution in [2.45, 2.75) is 45.8 Å². The molecule has 0 fully saturated rings. The van der Waals surface area contributed by atoms with E-state index in [1.807, 2.05) is 42.8 Å². The fourth-order valence-electron chi connectivity index (χ4n) is 2.91. The molecular formula is C17H22N4O. The van der Waals surface area contributed by atoms with E-state index in [9.17, 15) is 5.11 Å². The Labute approximate surface area is 129 Å². The van der Waals surface area contributed by atoms with Crippen molar-refractivity contribution in [3.05, 3.63) is 30.0 Å². The summed E-state index contributed by atoms with van der Waals surface area (Å²) in [4.78, 5) is 4.45. The van der Waals surface area contributed by atoms with Crippen LogP contribution in [0.15, 0.2) is 24.3 Å². The van der Waals surface area contributed by atoms with Crippen molar-refractivity contribution < 1.29 is 5.11 Å². The summed E-state index contributed by atoms with van der Waals surface area (Å²) < 4.78 is 1.97. The predicted octanol–water partition coefficient (Wildman–Crippen LogP) is 2.89. The first-order valence-electron chi connectivity index (χ1n) is 7.66. The van der Waals surface area contributed by atoms with E-state index in [1.165, 1.54) is 0 Å². The van der Waals surface area contributed by atoms with Gasteiger partial charge in [-0.3, -0.25) is 4.68 Å². The maximum atomic E-state index is 10.3. The summed E-state index contributed by atoms with van der Waals surface area (Å²) in [6.45, 7) is 6.54. The Morgan fingerprint density at radius 3 is 2.68 bits per heavy atom. The lowest BCUT2D eigenvalue weighted by Crippen LogP contribution is -2.24. The van der Waals surface area contributed by atoms with Crippen LogP contribution in [0.1, 0.15) is 32.9 Å². The summed E-state index contributed by atoms with van der Waals surface area (Å²) in [5.41, 5.74) is 7.92. The van der Waals surface area contributed by atoms with E-state index in [-0.39, 0.29) is 0 Å². The van der Waals surface area contributed by atoms with Gasteiger partial charge in [-0.15, -0.1) is 0 Å². The minimum absolute atomic E-state index is 0.445. The zero-order chi connectivity index (χ0) is 15.9. The van der Waals surface area contributed by atoms with Crippen molar-refractivity contribution >= 4 is 27.6 Å². The van der Waals surface area contributed by atoms with Crippen LogP contribution in [-0.4, -0.2) is 25.5 Å². The fraction of sp³-hybridized carbons (Fsp3) is 0.412. The number of hydrogen-bond donors (Lipinski definition) is 2. The van der Waals surface area contributed by atoms with Crippen LogP contribution >= 0.6 is 0 Å². The Morgan fingerprint density at radius 2 is 2.00 bits per heavy atom. The van der Waals surface area contributed by atoms with Crippen molar-refractivity contribution in [2.24, 2.45) is 0 Å². The zero-order valence-electron chi connectivity index (χ0n) is 13.3. The molecule has 0 unspecified atom stereocenters. The van der Waals surface area contributed by atoms with Gasteiger partial charge in [-0.2, -0.15) is 5.10 Å². The molecule has 0 aliphatic carbocycles. The molecule has 0 amide bonds. The predicted molar refractivity (Wildman–Crippen MR) is 89.7 cm³/mol. The number of benzene rings is 1. The third-order valence-electron chi connectivity index (χ3n) is 3.75. The number of rotatable bonds is 4. The lowest BCUT2D eigenvalue weighted by Gasteiger charge is -2.18. The number of pyridine rings is 1. The maximum absolute atomic E-state index is 10.3. The summed E-state index contributed by atoms with van der Waals surface area (Å²) in [6, 6.07) is 7.93. The number of fused-ring (bicyclic) bond motifs is 3. The van der Waals surface area contributed by atoms with Gasteiger partial charge in [0.05, 0.1) is 11.1 Å². The molecule has 0 saturated carbocycles. The number of nitrogens with zero attached hydrogens (tertiary/aromatic N) is 3. The molecule has 3 aromatic rings. The number of hydrogen-bond acceptors (Lipinski definition) is 4. The molecule has 0 bridgehead atoms. The summed E-state index contributed by atoms with van der Waals surface area (Å²) in [7, 11) is 0. The number of aromatic nitrogens is 3. The van der Waals surface area contributed by atoms with Crippen LogP contribution in [0.3, 0.4) is 0 Å². The summed E-state index contributed by atoms with van der Waals surface area (Å²) in [5.74, 6) is 0.445. The topological polar surface area (TPSA) is 77.0 Å². The van der Waals surface area contributed by atoms with Gasteiger partial charge in [0.25, 0.3) is 0 Å². The first-order chi connectivity index (χ1) is 10.4. The van der Waals surface area contributed by atoms with Gasteiger partial charge in [0.1, 0.15) is 5.52 Å². The second kappa shape index (κ2) is 5.25. The van der Waals surface area contributed by atoms with Crippen LogP contribution in [0.25, 0.3) is 21.8 Å². The molecule has 3 N–H and O–H groups in total. The molecule has 3 rings (SSSR count). The van der Waals surface area contributed by atoms with E-state index in [0.717, 1.165) is 40.5 Å². The summed E-state index contributed by atoms with van der Waals surface area (Å²) in [6.07, 6.45) is 1.50. The molecule has 0 aliphatic rings. The summed E-state index contributed by atoms with van der Waals surface area (Å²) >= 11 is 0. The lowest BCUT2D eigenvalue weighted by atomic mass is 9.98. The van der Waals surface area contributed by atoms with Gasteiger partial charge in [0, 0.05) is 29.4 Å². The molecule has 0 spiro atoms. The first kappa shape index (κ1) is 14.8. The van der Waals surface area contributed by atoms with E-state index in [2.05, 4.69) is 17.0 Å². The van der Waals surface area contributed by atoms with Crippen molar-refractivity contribution in [2.75, 3.05) is 5.73 Å². The van der Waals surface area contributed by atoms with E-state index in [1.54, 1.807) is 0 Å². The second-order valence-electron chi connectivity index (χ2n) is 6.40. The standard InChI is InChI=1S/C17H22N4O/c1-4-9-21-13(10-17(2,3)22)14-11-7-5-6-8-12(11)19-16(18)15(14)20-21/h5-8,22H,4,9-10H2,1-3H3,(H2,18,19). The number of aliphatic hydroxyl groups is 1. The number of anilines is 1. The average molecular weight is 298 g/mol. The van der Waals surface area contributed by atoms with Gasteiger partial charge in [0.2, 0.25) is 0 Å². The average Bonchev–Trinajstić information content (AvgIpc) is 2.77. The molecule has 0 atom stereocenters. The first-order valence-corrected chi connectivity index (χ1v) is 7.66. The van der Waals surface area contributed by atoms with Gasteiger partial charge in [-0.1, -0.05) is 25.1 Å². The highest BCUT2D eigenvalue weighted by Gasteiger charge is 2.23. The molecule has 2 aromatic heterocycles. The van der Waals surface area contributed by atoms with Gasteiger partial charge in [-0.25, -0.2) is 4.98 Å². The van der Waals surface area contributed by atoms with E-state index in [0.29, 0.717) is 12.2 Å². The number of aryl methyl sites for hydroxylation is 1. The van der Waals surface area contributed by atoms with Gasteiger partial charge in [0.15, 0.2) is 5.82 Å². The van der Waals surface area contributed by atoms with Crippen LogP contribution < -0.4 is 5.73 Å². The SMILES string of the molecule is CCCn1nc2c(N)nc3ccccc3c2c1CC(C)(C)O. The zero-order valence-corrected chi connectivity index (χ0v) is 13.3. The van der Waals surface area contributed by atoms with Gasteiger partial charge >= 0.3 is 0 Å². The Balaban J connectivity index is 2.39. The Kier molecular flexibility index (Phi) is 3.53. The molecule has 116 valence electrons. The monoisotopic (exact) mass is 298 g/mol. The number of para-hydroxylation sites is 1. The summed E-state index contributed by atoms with van der Waals surface area (Å²) in [5, 5.41) is 17.0. The van der Waals surface area contributed by atoms with Gasteiger partial charge < -0.3 is 10.8 Å². The maximum Gasteiger partial charge on any atom is 0.152 e. The highest BCUT2D eigenvalue weighted by atomic mass is 16.3. The quantitative estimate of drug-likeness (QED) is 0.776. The molecule has 0 saturated heterocycles. The highest BCUT2D eigenvalue weighted by Crippen LogP contribution is 2.32. The molecule has 1 aromatic carbocycles. The van der Waals surface area contributed by atoms with E-state index in [4.69, 9.17) is 5.73 Å². The third-order valence-corrected chi connectivity index (χ3v) is 3.75. The lowest BCUT2D eigenvalue weighted by molar-refractivity contribution is 0.0789. The molecule has 5 heteroatoms. The Hall–Kier alpha value is -2.14. The number of nitrogens with two attached hydrogens (primary N) is 1. The smallest absolute Gasteiger partial charge is 0.152 e. The fourth-order valence-corrected chi connectivity index (χ4v) is 2.91. The molecule has 2 heterocycles. The van der Waals surface area contributed by atoms with E-state index >= 15 is 0 Å². The van der Waals surface area contributed by atoms with Crippen molar-refractivity contribution in [1.29, 1.82) is 0 Å². The van der Waals surface area contributed by atoms with Crippen LogP contribution in [0.2, 0.25) is 0 Å². The highest BCUT2D eigenvalue weighted by molar-refractivity contribution is 6.09. The minimum atomic E-state index is -0.808. The molecule has 5 nitrogen and oxygen atoms in total. The van der Waals surface area contributed by atoms with E-state index < -0.39 is 5.60 Å². The Morgan fingerprint density at radius 1 is 1.27 bits per heavy atom. The third kappa shape index (κ3) is 2.52. The van der Waals surface area contributed by atoms with Crippen LogP contribution in [-0.2, 0) is 13.0 Å². The second-order valence-corrected chi connectivity index (χ2v) is 6.40. The number of nitrogen functional groups attached to an aromatic ring is 1.